The second-order valence-electron chi connectivity index (χ2n) is 3.25. The van der Waals surface area contributed by atoms with Crippen LogP contribution in [-0.4, -0.2) is 31.2 Å². The van der Waals surface area contributed by atoms with Crippen molar-refractivity contribution in [3.63, 3.8) is 0 Å². The van der Waals surface area contributed by atoms with Gasteiger partial charge in [-0.1, -0.05) is 0 Å². The van der Waals surface area contributed by atoms with E-state index in [1.54, 1.807) is 6.34 Å². The smallest absolute Gasteiger partial charge is 0.110 e. The van der Waals surface area contributed by atoms with Crippen molar-refractivity contribution in [3.05, 3.63) is 0 Å². The first-order valence-corrected chi connectivity index (χ1v) is 4.17. The van der Waals surface area contributed by atoms with Crippen LogP contribution in [0.15, 0.2) is 9.98 Å². The van der Waals surface area contributed by atoms with Gasteiger partial charge in [0.25, 0.3) is 0 Å². The van der Waals surface area contributed by atoms with E-state index in [1.807, 2.05) is 6.21 Å². The molecule has 1 fully saturated rings. The normalized spacial score (nSPS) is 27.6. The maximum Gasteiger partial charge on any atom is 0.110 e. The number of piperidine rings is 1. The predicted molar refractivity (Wildman–Crippen MR) is 46.4 cm³/mol. The standard InChI is InChI=1S/C8H13N3/c1-4-9-5-2-8(1)3-6-10-7-11-8/h6-7,9H,1-5H2. The minimum Gasteiger partial charge on any atom is -0.317 e. The van der Waals surface area contributed by atoms with Gasteiger partial charge < -0.3 is 5.32 Å². The number of nitrogens with zero attached hydrogens (tertiary/aromatic N) is 2. The number of rotatable bonds is 0. The average Bonchev–Trinajstić information content (AvgIpc) is 2.07. The molecule has 11 heavy (non-hydrogen) atoms. The van der Waals surface area contributed by atoms with E-state index in [0.717, 1.165) is 32.4 Å². The van der Waals surface area contributed by atoms with Gasteiger partial charge in [0.2, 0.25) is 0 Å². The Morgan fingerprint density at radius 2 is 2.09 bits per heavy atom. The van der Waals surface area contributed by atoms with Gasteiger partial charge in [0.1, 0.15) is 6.34 Å². The van der Waals surface area contributed by atoms with Crippen LogP contribution in [0.3, 0.4) is 0 Å². The molecule has 3 heteroatoms. The number of aliphatic imine (C=N–C) groups is 2. The minimum absolute atomic E-state index is 0.215. The van der Waals surface area contributed by atoms with E-state index < -0.39 is 0 Å². The third-order valence-corrected chi connectivity index (χ3v) is 2.51. The monoisotopic (exact) mass is 151 g/mol. The largest absolute Gasteiger partial charge is 0.317 e. The van der Waals surface area contributed by atoms with Gasteiger partial charge in [-0.25, -0.2) is 4.99 Å². The van der Waals surface area contributed by atoms with Crippen molar-refractivity contribution in [1.29, 1.82) is 0 Å². The quantitative estimate of drug-likeness (QED) is 0.541. The molecule has 0 aromatic rings. The van der Waals surface area contributed by atoms with E-state index in [2.05, 4.69) is 15.3 Å². The maximum atomic E-state index is 4.46. The molecule has 0 aliphatic carbocycles. The lowest BCUT2D eigenvalue weighted by molar-refractivity contribution is 0.323. The Kier molecular flexibility index (Phi) is 1.74. The Labute approximate surface area is 66.6 Å². The van der Waals surface area contributed by atoms with Crippen molar-refractivity contribution in [2.24, 2.45) is 9.98 Å². The Balaban J connectivity index is 2.08. The van der Waals surface area contributed by atoms with Gasteiger partial charge in [-0.05, 0) is 25.9 Å². The Hall–Kier alpha value is -0.700. The third-order valence-electron chi connectivity index (χ3n) is 2.51. The van der Waals surface area contributed by atoms with Crippen molar-refractivity contribution in [2.75, 3.05) is 13.1 Å². The maximum absolute atomic E-state index is 4.46. The van der Waals surface area contributed by atoms with Crippen LogP contribution < -0.4 is 5.32 Å². The van der Waals surface area contributed by atoms with E-state index >= 15 is 0 Å². The molecule has 2 aliphatic heterocycles. The molecule has 0 amide bonds. The molecule has 0 unspecified atom stereocenters. The van der Waals surface area contributed by atoms with Crippen molar-refractivity contribution < 1.29 is 0 Å². The fraction of sp³-hybridized carbons (Fsp3) is 0.750. The highest BCUT2D eigenvalue weighted by molar-refractivity contribution is 5.76. The molecule has 1 N–H and O–H groups in total. The predicted octanol–water partition coefficient (Wildman–Crippen LogP) is 0.611. The molecule has 0 radical (unpaired) electrons. The van der Waals surface area contributed by atoms with Crippen LogP contribution in [-0.2, 0) is 0 Å². The van der Waals surface area contributed by atoms with Crippen molar-refractivity contribution >= 4 is 12.6 Å². The van der Waals surface area contributed by atoms with Crippen molar-refractivity contribution in [1.82, 2.24) is 5.32 Å². The van der Waals surface area contributed by atoms with Crippen molar-refractivity contribution in [3.8, 4) is 0 Å². The zero-order valence-electron chi connectivity index (χ0n) is 6.58. The van der Waals surface area contributed by atoms with Gasteiger partial charge in [-0.2, -0.15) is 0 Å². The van der Waals surface area contributed by atoms with Gasteiger partial charge in [-0.3, -0.25) is 4.99 Å². The zero-order chi connectivity index (χ0) is 7.57. The highest BCUT2D eigenvalue weighted by Gasteiger charge is 2.30. The first kappa shape index (κ1) is 6.98. The topological polar surface area (TPSA) is 36.8 Å². The molecule has 1 saturated heterocycles. The summed E-state index contributed by atoms with van der Waals surface area (Å²) in [6, 6.07) is 0. The van der Waals surface area contributed by atoms with Gasteiger partial charge in [0.15, 0.2) is 0 Å². The molecule has 2 aliphatic rings. The van der Waals surface area contributed by atoms with Gasteiger partial charge in [-0.15, -0.1) is 0 Å². The van der Waals surface area contributed by atoms with Crippen molar-refractivity contribution in [2.45, 2.75) is 24.8 Å². The second kappa shape index (κ2) is 2.74. The number of hydrogen-bond donors (Lipinski definition) is 1. The first-order chi connectivity index (χ1) is 5.41. The van der Waals surface area contributed by atoms with E-state index in [-0.39, 0.29) is 5.54 Å². The summed E-state index contributed by atoms with van der Waals surface area (Å²) in [5, 5.41) is 3.34. The molecular weight excluding hydrogens is 138 g/mol. The van der Waals surface area contributed by atoms with Crippen LogP contribution in [0.2, 0.25) is 0 Å². The van der Waals surface area contributed by atoms with Gasteiger partial charge >= 0.3 is 0 Å². The van der Waals surface area contributed by atoms with E-state index in [9.17, 15) is 0 Å². The zero-order valence-corrected chi connectivity index (χ0v) is 6.58. The molecule has 0 aromatic heterocycles. The minimum atomic E-state index is 0.215. The molecule has 2 heterocycles. The molecule has 2 rings (SSSR count). The summed E-state index contributed by atoms with van der Waals surface area (Å²) in [7, 11) is 0. The van der Waals surface area contributed by atoms with E-state index in [0.29, 0.717) is 0 Å². The Morgan fingerprint density at radius 3 is 2.73 bits per heavy atom. The van der Waals surface area contributed by atoms with Crippen LogP contribution in [0.4, 0.5) is 0 Å². The highest BCUT2D eigenvalue weighted by atomic mass is 15.0. The average molecular weight is 151 g/mol. The molecular formula is C8H13N3. The van der Waals surface area contributed by atoms with E-state index in [4.69, 9.17) is 0 Å². The van der Waals surface area contributed by atoms with Crippen LogP contribution >= 0.6 is 0 Å². The summed E-state index contributed by atoms with van der Waals surface area (Å²) in [5.41, 5.74) is 0.215. The number of nitrogens with one attached hydrogen (secondary N) is 1. The number of hydrogen-bond acceptors (Lipinski definition) is 3. The molecule has 3 nitrogen and oxygen atoms in total. The fourth-order valence-electron chi connectivity index (χ4n) is 1.70. The van der Waals surface area contributed by atoms with Crippen LogP contribution in [0.5, 0.6) is 0 Å². The molecule has 0 atom stereocenters. The first-order valence-electron chi connectivity index (χ1n) is 4.17. The third kappa shape index (κ3) is 1.33. The summed E-state index contributed by atoms with van der Waals surface area (Å²) in [6.07, 6.45) is 7.04. The summed E-state index contributed by atoms with van der Waals surface area (Å²) < 4.78 is 0. The molecule has 0 aromatic carbocycles. The highest BCUT2D eigenvalue weighted by Crippen LogP contribution is 2.27. The van der Waals surface area contributed by atoms with Crippen LogP contribution in [0.25, 0.3) is 0 Å². The van der Waals surface area contributed by atoms with Gasteiger partial charge in [0.05, 0.1) is 5.54 Å². The Bertz CT molecular complexity index is 190. The SMILES string of the molecule is C1=NC=NC2(C1)CCNCC2. The molecule has 0 bridgehead atoms. The lowest BCUT2D eigenvalue weighted by Crippen LogP contribution is -2.41. The summed E-state index contributed by atoms with van der Waals surface area (Å²) in [4.78, 5) is 8.45. The molecule has 1 spiro atoms. The summed E-state index contributed by atoms with van der Waals surface area (Å²) in [6.45, 7) is 2.20. The lowest BCUT2D eigenvalue weighted by atomic mass is 9.86. The summed E-state index contributed by atoms with van der Waals surface area (Å²) >= 11 is 0. The molecule has 0 saturated carbocycles. The van der Waals surface area contributed by atoms with E-state index in [1.165, 1.54) is 0 Å². The van der Waals surface area contributed by atoms with Crippen LogP contribution in [0, 0.1) is 0 Å². The summed E-state index contributed by atoms with van der Waals surface area (Å²) in [5.74, 6) is 0. The fourth-order valence-corrected chi connectivity index (χ4v) is 1.70. The second-order valence-corrected chi connectivity index (χ2v) is 3.25. The Morgan fingerprint density at radius 1 is 1.27 bits per heavy atom. The van der Waals surface area contributed by atoms with Gasteiger partial charge in [0, 0.05) is 12.6 Å². The lowest BCUT2D eigenvalue weighted by Gasteiger charge is -2.33. The molecule has 60 valence electrons. The van der Waals surface area contributed by atoms with Crippen LogP contribution in [0.1, 0.15) is 19.3 Å².